The van der Waals surface area contributed by atoms with Gasteiger partial charge in [0.25, 0.3) is 5.91 Å². The van der Waals surface area contributed by atoms with E-state index in [4.69, 9.17) is 0 Å². The Bertz CT molecular complexity index is 1290. The Morgan fingerprint density at radius 1 is 1.06 bits per heavy atom. The molecule has 2 saturated heterocycles. The molecule has 1 aromatic carbocycles. The number of rotatable bonds is 5. The molecule has 186 valence electrons. The summed E-state index contributed by atoms with van der Waals surface area (Å²) in [6.45, 7) is 6.23. The van der Waals surface area contributed by atoms with E-state index in [1.165, 1.54) is 26.2 Å². The second kappa shape index (κ2) is 8.97. The molecule has 0 aliphatic carbocycles. The zero-order chi connectivity index (χ0) is 24.8. The molecule has 3 heterocycles. The molecular weight excluding hydrogens is 478 g/mol. The topological polar surface area (TPSA) is 113 Å². The van der Waals surface area contributed by atoms with Gasteiger partial charge in [0.2, 0.25) is 10.0 Å². The molecule has 1 unspecified atom stereocenters. The Hall–Kier alpha value is -2.44. The van der Waals surface area contributed by atoms with Crippen LogP contribution in [0.5, 0.6) is 0 Å². The van der Waals surface area contributed by atoms with Gasteiger partial charge in [-0.05, 0) is 44.5 Å². The van der Waals surface area contributed by atoms with E-state index >= 15 is 0 Å². The van der Waals surface area contributed by atoms with Gasteiger partial charge in [-0.15, -0.1) is 0 Å². The van der Waals surface area contributed by atoms with Crippen LogP contribution in [0.2, 0.25) is 0 Å². The predicted molar refractivity (Wildman–Crippen MR) is 129 cm³/mol. The largest absolute Gasteiger partial charge is 0.365 e. The normalized spacial score (nSPS) is 20.8. The van der Waals surface area contributed by atoms with Gasteiger partial charge in [0.15, 0.2) is 9.84 Å². The molecule has 12 heteroatoms. The van der Waals surface area contributed by atoms with Gasteiger partial charge >= 0.3 is 0 Å². The molecule has 0 bridgehead atoms. The average molecular weight is 510 g/mol. The number of benzene rings is 1. The van der Waals surface area contributed by atoms with E-state index in [1.807, 2.05) is 18.5 Å². The van der Waals surface area contributed by atoms with Crippen LogP contribution < -0.4 is 4.90 Å². The van der Waals surface area contributed by atoms with Crippen LogP contribution in [0.25, 0.3) is 0 Å². The van der Waals surface area contributed by atoms with Crippen molar-refractivity contribution in [2.24, 2.45) is 0 Å². The highest BCUT2D eigenvalue weighted by molar-refractivity contribution is 7.91. The van der Waals surface area contributed by atoms with Gasteiger partial charge in [-0.3, -0.25) is 9.48 Å². The summed E-state index contributed by atoms with van der Waals surface area (Å²) in [7, 11) is -3.60. The fourth-order valence-electron chi connectivity index (χ4n) is 4.73. The third-order valence-electron chi connectivity index (χ3n) is 6.60. The van der Waals surface area contributed by atoms with Gasteiger partial charge in [0.1, 0.15) is 0 Å². The van der Waals surface area contributed by atoms with Crippen molar-refractivity contribution in [1.29, 1.82) is 0 Å². The SMILES string of the molecule is Cc1nn(C2CCS(=O)(=O)C2)c(C)c1N1CCN(C(=O)c2ccc(S(=O)(=O)N(C)C)cc2)CC1. The first kappa shape index (κ1) is 24.7. The number of nitrogens with zero attached hydrogens (tertiary/aromatic N) is 5. The lowest BCUT2D eigenvalue weighted by Crippen LogP contribution is -2.49. The lowest BCUT2D eigenvalue weighted by atomic mass is 10.1. The van der Waals surface area contributed by atoms with Gasteiger partial charge in [-0.1, -0.05) is 0 Å². The number of hydrogen-bond donors (Lipinski definition) is 0. The van der Waals surface area contributed by atoms with Crippen LogP contribution in [0.3, 0.4) is 0 Å². The Morgan fingerprint density at radius 3 is 2.21 bits per heavy atom. The predicted octanol–water partition coefficient (Wildman–Crippen LogP) is 1.07. The first-order valence-corrected chi connectivity index (χ1v) is 14.5. The number of aryl methyl sites for hydroxylation is 1. The molecule has 0 radical (unpaired) electrons. The molecule has 2 fully saturated rings. The van der Waals surface area contributed by atoms with E-state index in [9.17, 15) is 21.6 Å². The van der Waals surface area contributed by atoms with Gasteiger partial charge in [-0.2, -0.15) is 5.10 Å². The summed E-state index contributed by atoms with van der Waals surface area (Å²) in [6, 6.07) is 5.91. The lowest BCUT2D eigenvalue weighted by molar-refractivity contribution is 0.0746. The monoisotopic (exact) mass is 509 g/mol. The van der Waals surface area contributed by atoms with Crippen molar-refractivity contribution < 1.29 is 21.6 Å². The number of sulfone groups is 1. The zero-order valence-corrected chi connectivity index (χ0v) is 21.6. The minimum Gasteiger partial charge on any atom is -0.365 e. The van der Waals surface area contributed by atoms with Crippen LogP contribution in [-0.4, -0.2) is 93.5 Å². The van der Waals surface area contributed by atoms with E-state index in [2.05, 4.69) is 10.00 Å². The fourth-order valence-corrected chi connectivity index (χ4v) is 7.33. The zero-order valence-electron chi connectivity index (χ0n) is 19.9. The number of carbonyl (C=O) groups excluding carboxylic acids is 1. The van der Waals surface area contributed by atoms with Crippen LogP contribution in [-0.2, 0) is 19.9 Å². The number of carbonyl (C=O) groups is 1. The third kappa shape index (κ3) is 4.58. The minimum atomic E-state index is -3.54. The summed E-state index contributed by atoms with van der Waals surface area (Å²) < 4.78 is 51.3. The summed E-state index contributed by atoms with van der Waals surface area (Å²) in [4.78, 5) is 17.1. The summed E-state index contributed by atoms with van der Waals surface area (Å²) >= 11 is 0. The summed E-state index contributed by atoms with van der Waals surface area (Å²) in [5.74, 6) is 0.202. The van der Waals surface area contributed by atoms with E-state index < -0.39 is 19.9 Å². The van der Waals surface area contributed by atoms with E-state index in [0.29, 0.717) is 38.2 Å². The Labute approximate surface area is 201 Å². The molecule has 1 amide bonds. The molecule has 1 atom stereocenters. The van der Waals surface area contributed by atoms with Crippen LogP contribution in [0.15, 0.2) is 29.2 Å². The van der Waals surface area contributed by atoms with Crippen molar-refractivity contribution in [2.45, 2.75) is 31.2 Å². The molecule has 0 saturated carbocycles. The highest BCUT2D eigenvalue weighted by atomic mass is 32.2. The lowest BCUT2D eigenvalue weighted by Gasteiger charge is -2.36. The quantitative estimate of drug-likeness (QED) is 0.593. The van der Waals surface area contributed by atoms with Crippen molar-refractivity contribution in [3.8, 4) is 0 Å². The highest BCUT2D eigenvalue weighted by Gasteiger charge is 2.33. The van der Waals surface area contributed by atoms with Gasteiger partial charge in [0.05, 0.1) is 39.5 Å². The molecule has 0 spiro atoms. The first-order chi connectivity index (χ1) is 15.9. The Kier molecular flexibility index (Phi) is 6.51. The third-order valence-corrected chi connectivity index (χ3v) is 10.2. The van der Waals surface area contributed by atoms with Crippen LogP contribution in [0.4, 0.5) is 5.69 Å². The van der Waals surface area contributed by atoms with Crippen molar-refractivity contribution in [1.82, 2.24) is 19.0 Å². The number of hydrogen-bond acceptors (Lipinski definition) is 7. The van der Waals surface area contributed by atoms with E-state index in [1.54, 1.807) is 17.0 Å². The smallest absolute Gasteiger partial charge is 0.253 e. The highest BCUT2D eigenvalue weighted by Crippen LogP contribution is 2.31. The van der Waals surface area contributed by atoms with Crippen LogP contribution >= 0.6 is 0 Å². The number of anilines is 1. The van der Waals surface area contributed by atoms with E-state index in [0.717, 1.165) is 21.4 Å². The van der Waals surface area contributed by atoms with Crippen molar-refractivity contribution in [3.63, 3.8) is 0 Å². The summed E-state index contributed by atoms with van der Waals surface area (Å²) in [6.07, 6.45) is 0.584. The molecule has 2 aliphatic heterocycles. The number of amides is 1. The maximum atomic E-state index is 13.0. The van der Waals surface area contributed by atoms with Gasteiger partial charge in [-0.25, -0.2) is 21.1 Å². The second-order valence-corrected chi connectivity index (χ2v) is 13.5. The molecule has 4 rings (SSSR count). The minimum absolute atomic E-state index is 0.125. The number of piperazine rings is 1. The number of aromatic nitrogens is 2. The molecular formula is C22H31N5O5S2. The van der Waals surface area contributed by atoms with Crippen molar-refractivity contribution >= 4 is 31.5 Å². The van der Waals surface area contributed by atoms with Crippen LogP contribution in [0.1, 0.15) is 34.2 Å². The second-order valence-electron chi connectivity index (χ2n) is 9.11. The standard InChI is InChI=1S/C22H31N5O5S2/c1-16-21(17(2)27(23-16)19-9-14-33(29,30)15-19)25-10-12-26(13-11-25)22(28)18-5-7-20(8-6-18)34(31,32)24(3)4/h5-8,19H,9-15H2,1-4H3. The molecule has 1 aromatic heterocycles. The maximum absolute atomic E-state index is 13.0. The molecule has 2 aromatic rings. The van der Waals surface area contributed by atoms with Crippen molar-refractivity contribution in [2.75, 3.05) is 56.7 Å². The summed E-state index contributed by atoms with van der Waals surface area (Å²) in [5.41, 5.74) is 3.28. The fraction of sp³-hybridized carbons (Fsp3) is 0.545. The Morgan fingerprint density at radius 2 is 1.68 bits per heavy atom. The molecule has 34 heavy (non-hydrogen) atoms. The summed E-state index contributed by atoms with van der Waals surface area (Å²) in [5, 5.41) is 4.65. The average Bonchev–Trinajstić information content (AvgIpc) is 3.31. The molecule has 10 nitrogen and oxygen atoms in total. The van der Waals surface area contributed by atoms with E-state index in [-0.39, 0.29) is 28.4 Å². The van der Waals surface area contributed by atoms with Gasteiger partial charge in [0, 0.05) is 45.8 Å². The molecule has 0 N–H and O–H groups in total. The van der Waals surface area contributed by atoms with Crippen molar-refractivity contribution in [3.05, 3.63) is 41.2 Å². The number of sulfonamides is 1. The maximum Gasteiger partial charge on any atom is 0.253 e. The first-order valence-electron chi connectivity index (χ1n) is 11.2. The van der Waals surface area contributed by atoms with Crippen LogP contribution in [0, 0.1) is 13.8 Å². The Balaban J connectivity index is 1.43. The molecule has 2 aliphatic rings. The van der Waals surface area contributed by atoms with Gasteiger partial charge < -0.3 is 9.80 Å².